The molecule has 0 radical (unpaired) electrons. The molecule has 1 aliphatic heterocycles. The highest BCUT2D eigenvalue weighted by Gasteiger charge is 2.57. The first-order valence-corrected chi connectivity index (χ1v) is 8.83. The van der Waals surface area contributed by atoms with Crippen LogP contribution in [0.1, 0.15) is 66.7 Å². The van der Waals surface area contributed by atoms with Crippen molar-refractivity contribution < 1.29 is 19.0 Å². The molecule has 1 saturated heterocycles. The molecule has 2 rings (SSSR count). The summed E-state index contributed by atoms with van der Waals surface area (Å²) in [5, 5.41) is 0. The van der Waals surface area contributed by atoms with Crippen LogP contribution in [0.5, 0.6) is 0 Å². The van der Waals surface area contributed by atoms with E-state index < -0.39 is 5.79 Å². The van der Waals surface area contributed by atoms with Crippen molar-refractivity contribution in [3.8, 4) is 0 Å². The van der Waals surface area contributed by atoms with Gasteiger partial charge in [-0.2, -0.15) is 0 Å². The number of rotatable bonds is 7. The number of carbonyl (C=O) groups is 1. The quantitative estimate of drug-likeness (QED) is 0.663. The number of esters is 1. The Labute approximate surface area is 134 Å². The third-order valence-corrected chi connectivity index (χ3v) is 4.82. The Kier molecular flexibility index (Phi) is 5.89. The van der Waals surface area contributed by atoms with Gasteiger partial charge in [-0.05, 0) is 31.6 Å². The Morgan fingerprint density at radius 3 is 2.45 bits per heavy atom. The van der Waals surface area contributed by atoms with Gasteiger partial charge >= 0.3 is 5.97 Å². The highest BCUT2D eigenvalue weighted by Crippen LogP contribution is 2.52. The molecule has 1 aliphatic carbocycles. The van der Waals surface area contributed by atoms with Gasteiger partial charge in [0.25, 0.3) is 0 Å². The first kappa shape index (κ1) is 17.7. The first-order chi connectivity index (χ1) is 10.3. The maximum absolute atomic E-state index is 11.8. The molecule has 1 saturated carbocycles. The predicted molar refractivity (Wildman–Crippen MR) is 85.1 cm³/mol. The molecule has 4 heteroatoms. The van der Waals surface area contributed by atoms with Gasteiger partial charge in [0.2, 0.25) is 0 Å². The maximum Gasteiger partial charge on any atom is 0.306 e. The molecule has 0 amide bonds. The lowest BCUT2D eigenvalue weighted by Gasteiger charge is -2.48. The van der Waals surface area contributed by atoms with Gasteiger partial charge < -0.3 is 14.2 Å². The third kappa shape index (κ3) is 4.23. The van der Waals surface area contributed by atoms with E-state index in [-0.39, 0.29) is 12.3 Å². The zero-order valence-corrected chi connectivity index (χ0v) is 14.8. The van der Waals surface area contributed by atoms with Crippen LogP contribution in [-0.2, 0) is 19.0 Å². The second-order valence-corrected chi connectivity index (χ2v) is 7.77. The maximum atomic E-state index is 11.8. The van der Waals surface area contributed by atoms with Gasteiger partial charge in [-0.3, -0.25) is 4.79 Å². The van der Waals surface area contributed by atoms with Crippen molar-refractivity contribution in [3.05, 3.63) is 0 Å². The average molecular weight is 312 g/mol. The molecule has 0 bridgehead atoms. The summed E-state index contributed by atoms with van der Waals surface area (Å²) in [5.74, 6) is 1.24. The van der Waals surface area contributed by atoms with Crippen molar-refractivity contribution in [2.45, 2.75) is 78.8 Å². The molecule has 128 valence electrons. The molecule has 0 aromatic rings. The Bertz CT molecular complexity index is 371. The van der Waals surface area contributed by atoms with E-state index in [2.05, 4.69) is 13.8 Å². The predicted octanol–water partition coefficient (Wildman–Crippen LogP) is 4.13. The second-order valence-electron chi connectivity index (χ2n) is 7.77. The molecule has 0 aromatic heterocycles. The van der Waals surface area contributed by atoms with Gasteiger partial charge in [-0.15, -0.1) is 0 Å². The van der Waals surface area contributed by atoms with E-state index in [1.54, 1.807) is 0 Å². The molecular formula is C18H32O4. The van der Waals surface area contributed by atoms with Crippen molar-refractivity contribution in [3.63, 3.8) is 0 Å². The van der Waals surface area contributed by atoms with Crippen LogP contribution in [0, 0.1) is 23.7 Å². The average Bonchev–Trinajstić information content (AvgIpc) is 2.71. The molecule has 22 heavy (non-hydrogen) atoms. The van der Waals surface area contributed by atoms with Gasteiger partial charge in [0.15, 0.2) is 12.1 Å². The Balaban J connectivity index is 1.90. The van der Waals surface area contributed by atoms with E-state index in [0.29, 0.717) is 36.7 Å². The van der Waals surface area contributed by atoms with E-state index in [1.807, 2.05) is 20.8 Å². The van der Waals surface area contributed by atoms with E-state index >= 15 is 0 Å². The van der Waals surface area contributed by atoms with Crippen LogP contribution >= 0.6 is 0 Å². The van der Waals surface area contributed by atoms with Crippen LogP contribution in [0.2, 0.25) is 0 Å². The van der Waals surface area contributed by atoms with Crippen molar-refractivity contribution in [1.29, 1.82) is 0 Å². The summed E-state index contributed by atoms with van der Waals surface area (Å²) in [6, 6.07) is 0. The third-order valence-electron chi connectivity index (χ3n) is 4.82. The summed E-state index contributed by atoms with van der Waals surface area (Å²) in [6.45, 7) is 11.0. The van der Waals surface area contributed by atoms with Crippen LogP contribution in [0.15, 0.2) is 0 Å². The van der Waals surface area contributed by atoms with Gasteiger partial charge in [0.05, 0.1) is 6.61 Å². The van der Waals surface area contributed by atoms with Crippen LogP contribution in [0.3, 0.4) is 0 Å². The summed E-state index contributed by atoms with van der Waals surface area (Å²) in [4.78, 5) is 11.8. The zero-order valence-electron chi connectivity index (χ0n) is 14.8. The minimum Gasteiger partial charge on any atom is -0.465 e. The molecule has 0 N–H and O–H groups in total. The molecular weight excluding hydrogens is 280 g/mol. The molecule has 4 nitrogen and oxygen atoms in total. The lowest BCUT2D eigenvalue weighted by atomic mass is 9.86. The number of carbonyl (C=O) groups excluding carboxylic acids is 1. The van der Waals surface area contributed by atoms with Gasteiger partial charge in [-0.25, -0.2) is 0 Å². The SMILES string of the molecule is CC(C)CCC1C(COC(=O)CC(C)C)CCC12OC(C)O2. The molecule has 2 fully saturated rings. The molecule has 0 aromatic carbocycles. The largest absolute Gasteiger partial charge is 0.465 e. The lowest BCUT2D eigenvalue weighted by molar-refractivity contribution is -0.459. The van der Waals surface area contributed by atoms with Crippen molar-refractivity contribution in [2.75, 3.05) is 6.61 Å². The van der Waals surface area contributed by atoms with Crippen molar-refractivity contribution in [1.82, 2.24) is 0 Å². The Hall–Kier alpha value is -0.610. The fourth-order valence-electron chi connectivity index (χ4n) is 3.76. The molecule has 2 aliphatic rings. The molecule has 2 atom stereocenters. The minimum absolute atomic E-state index is 0.0811. The molecule has 2 unspecified atom stereocenters. The Morgan fingerprint density at radius 1 is 1.23 bits per heavy atom. The summed E-state index contributed by atoms with van der Waals surface area (Å²) >= 11 is 0. The van der Waals surface area contributed by atoms with Gasteiger partial charge in [0, 0.05) is 24.7 Å². The highest BCUT2D eigenvalue weighted by atomic mass is 16.9. The van der Waals surface area contributed by atoms with Crippen molar-refractivity contribution in [2.24, 2.45) is 23.7 Å². The van der Waals surface area contributed by atoms with Crippen LogP contribution in [0.4, 0.5) is 0 Å². The fraction of sp³-hybridized carbons (Fsp3) is 0.944. The van der Waals surface area contributed by atoms with Crippen LogP contribution in [-0.4, -0.2) is 24.7 Å². The summed E-state index contributed by atoms with van der Waals surface area (Å²) in [7, 11) is 0. The zero-order chi connectivity index (χ0) is 16.3. The van der Waals surface area contributed by atoms with Crippen LogP contribution in [0.25, 0.3) is 0 Å². The van der Waals surface area contributed by atoms with E-state index in [1.165, 1.54) is 0 Å². The first-order valence-electron chi connectivity index (χ1n) is 8.83. The van der Waals surface area contributed by atoms with Gasteiger partial charge in [-0.1, -0.05) is 34.1 Å². The standard InChI is InChI=1S/C18H32O4/c1-12(2)6-7-16-15(11-20-17(19)10-13(3)4)8-9-18(16)21-14(5)22-18/h12-16H,6-11H2,1-5H3. The summed E-state index contributed by atoms with van der Waals surface area (Å²) < 4.78 is 17.5. The lowest BCUT2D eigenvalue weighted by Crippen LogP contribution is -2.55. The minimum atomic E-state index is -0.399. The van der Waals surface area contributed by atoms with E-state index in [4.69, 9.17) is 14.2 Å². The number of ether oxygens (including phenoxy) is 3. The van der Waals surface area contributed by atoms with Gasteiger partial charge in [0.1, 0.15) is 0 Å². The number of hydrogen-bond donors (Lipinski definition) is 0. The van der Waals surface area contributed by atoms with Crippen molar-refractivity contribution >= 4 is 5.97 Å². The Morgan fingerprint density at radius 2 is 1.91 bits per heavy atom. The highest BCUT2D eigenvalue weighted by molar-refractivity contribution is 5.69. The molecule has 1 heterocycles. The normalized spacial score (nSPS) is 34.4. The molecule has 1 spiro atoms. The topological polar surface area (TPSA) is 44.8 Å². The van der Waals surface area contributed by atoms with E-state index in [0.717, 1.165) is 25.7 Å². The summed E-state index contributed by atoms with van der Waals surface area (Å²) in [5.41, 5.74) is 0. The fourth-order valence-corrected chi connectivity index (χ4v) is 3.76. The second kappa shape index (κ2) is 7.31. The van der Waals surface area contributed by atoms with Crippen LogP contribution < -0.4 is 0 Å². The number of hydrogen-bond acceptors (Lipinski definition) is 4. The smallest absolute Gasteiger partial charge is 0.306 e. The monoisotopic (exact) mass is 312 g/mol. The van der Waals surface area contributed by atoms with E-state index in [9.17, 15) is 4.79 Å². The summed E-state index contributed by atoms with van der Waals surface area (Å²) in [6.07, 6.45) is 4.58.